The Morgan fingerprint density at radius 3 is 2.25 bits per heavy atom. The number of nitrogens with one attached hydrogen (secondary N) is 1. The summed E-state index contributed by atoms with van der Waals surface area (Å²) in [6, 6.07) is 6.42. The van der Waals surface area contributed by atoms with E-state index in [0.29, 0.717) is 13.2 Å². The first-order valence-electron chi connectivity index (χ1n) is 7.78. The number of sulfone groups is 1. The molecule has 1 rings (SSSR count). The molecule has 1 unspecified atom stereocenters. The number of ether oxygens (including phenoxy) is 2. The monoisotopic (exact) mass is 357 g/mol. The average molecular weight is 357 g/mol. The Kier molecular flexibility index (Phi) is 7.38. The quantitative estimate of drug-likeness (QED) is 0.726. The van der Waals surface area contributed by atoms with Crippen LogP contribution in [-0.4, -0.2) is 52.5 Å². The van der Waals surface area contributed by atoms with Crippen molar-refractivity contribution in [3.63, 3.8) is 0 Å². The molecule has 0 aliphatic rings. The van der Waals surface area contributed by atoms with Gasteiger partial charge in [-0.15, -0.1) is 0 Å². The van der Waals surface area contributed by atoms with Gasteiger partial charge in [-0.2, -0.15) is 0 Å². The molecule has 6 nitrogen and oxygen atoms in total. The zero-order valence-corrected chi connectivity index (χ0v) is 15.8. The Morgan fingerprint density at radius 1 is 1.21 bits per heavy atom. The van der Waals surface area contributed by atoms with Gasteiger partial charge in [-0.1, -0.05) is 12.1 Å². The predicted octanol–water partition coefficient (Wildman–Crippen LogP) is 1.58. The molecule has 0 aliphatic carbocycles. The van der Waals surface area contributed by atoms with E-state index in [9.17, 15) is 13.2 Å². The summed E-state index contributed by atoms with van der Waals surface area (Å²) < 4.78 is 34.6. The van der Waals surface area contributed by atoms with Gasteiger partial charge >= 0.3 is 0 Å². The standard InChI is InChI=1S/C17H27NO5S/c1-13(2)24(20,21)15-8-6-14(7-9-15)10-16(19)18-11-17(3,23-5)12-22-4/h6-9,13H,10-12H2,1-5H3,(H,18,19). The first-order chi connectivity index (χ1) is 11.1. The summed E-state index contributed by atoms with van der Waals surface area (Å²) in [5, 5.41) is 2.34. The largest absolute Gasteiger partial charge is 0.382 e. The molecule has 1 aromatic rings. The van der Waals surface area contributed by atoms with Crippen molar-refractivity contribution < 1.29 is 22.7 Å². The van der Waals surface area contributed by atoms with Gasteiger partial charge in [-0.3, -0.25) is 4.79 Å². The van der Waals surface area contributed by atoms with Gasteiger partial charge in [0.15, 0.2) is 9.84 Å². The normalized spacial score (nSPS) is 14.4. The maximum atomic E-state index is 12.1. The lowest BCUT2D eigenvalue weighted by molar-refractivity contribution is -0.122. The van der Waals surface area contributed by atoms with Crippen LogP contribution in [0.1, 0.15) is 26.3 Å². The van der Waals surface area contributed by atoms with Crippen molar-refractivity contribution in [3.05, 3.63) is 29.8 Å². The molecule has 0 aromatic heterocycles. The summed E-state index contributed by atoms with van der Waals surface area (Å²) in [7, 11) is -0.149. The van der Waals surface area contributed by atoms with Crippen molar-refractivity contribution in [1.82, 2.24) is 5.32 Å². The maximum Gasteiger partial charge on any atom is 0.224 e. The summed E-state index contributed by atoms with van der Waals surface area (Å²) in [5.74, 6) is -0.158. The van der Waals surface area contributed by atoms with E-state index in [0.717, 1.165) is 5.56 Å². The second-order valence-corrected chi connectivity index (χ2v) is 8.78. The molecule has 1 aromatic carbocycles. The number of methoxy groups -OCH3 is 2. The van der Waals surface area contributed by atoms with Crippen LogP contribution >= 0.6 is 0 Å². The second kappa shape index (κ2) is 8.60. The molecule has 0 bridgehead atoms. The smallest absolute Gasteiger partial charge is 0.224 e. The number of hydrogen-bond acceptors (Lipinski definition) is 5. The fourth-order valence-corrected chi connectivity index (χ4v) is 3.15. The number of carbonyl (C=O) groups is 1. The number of rotatable bonds is 9. The number of benzene rings is 1. The fraction of sp³-hybridized carbons (Fsp3) is 0.588. The van der Waals surface area contributed by atoms with Crippen molar-refractivity contribution in [2.24, 2.45) is 0 Å². The maximum absolute atomic E-state index is 12.1. The Bertz CT molecular complexity index is 639. The van der Waals surface area contributed by atoms with E-state index in [2.05, 4.69) is 5.32 Å². The van der Waals surface area contributed by atoms with Crippen LogP contribution in [0.25, 0.3) is 0 Å². The fourth-order valence-electron chi connectivity index (χ4n) is 2.09. The van der Waals surface area contributed by atoms with Gasteiger partial charge in [0.25, 0.3) is 0 Å². The second-order valence-electron chi connectivity index (χ2n) is 6.28. The molecule has 24 heavy (non-hydrogen) atoms. The van der Waals surface area contributed by atoms with Gasteiger partial charge in [-0.25, -0.2) is 8.42 Å². The third-order valence-electron chi connectivity index (χ3n) is 3.84. The molecule has 1 atom stereocenters. The van der Waals surface area contributed by atoms with Gasteiger partial charge in [0.05, 0.1) is 23.2 Å². The molecule has 0 radical (unpaired) electrons. The van der Waals surface area contributed by atoms with Gasteiger partial charge < -0.3 is 14.8 Å². The molecule has 136 valence electrons. The summed E-state index contributed by atoms with van der Waals surface area (Å²) in [6.07, 6.45) is 0.175. The Morgan fingerprint density at radius 2 is 1.79 bits per heavy atom. The van der Waals surface area contributed by atoms with E-state index in [1.165, 1.54) is 0 Å². The Labute approximate surface area is 144 Å². The Balaban J connectivity index is 2.66. The topological polar surface area (TPSA) is 81.7 Å². The van der Waals surface area contributed by atoms with Crippen molar-refractivity contribution >= 4 is 15.7 Å². The number of carbonyl (C=O) groups excluding carboxylic acids is 1. The highest BCUT2D eigenvalue weighted by Crippen LogP contribution is 2.16. The third-order valence-corrected chi connectivity index (χ3v) is 6.01. The lowest BCUT2D eigenvalue weighted by atomic mass is 10.1. The van der Waals surface area contributed by atoms with Crippen LogP contribution in [0.3, 0.4) is 0 Å². The van der Waals surface area contributed by atoms with Crippen molar-refractivity contribution in [1.29, 1.82) is 0 Å². The SMILES string of the molecule is COCC(C)(CNC(=O)Cc1ccc(S(=O)(=O)C(C)C)cc1)OC. The molecular formula is C17H27NO5S. The lowest BCUT2D eigenvalue weighted by Gasteiger charge is -2.27. The molecule has 7 heteroatoms. The van der Waals surface area contributed by atoms with Crippen LogP contribution in [0, 0.1) is 0 Å². The molecule has 0 heterocycles. The molecule has 0 spiro atoms. The lowest BCUT2D eigenvalue weighted by Crippen LogP contribution is -2.45. The molecule has 0 saturated heterocycles. The van der Waals surface area contributed by atoms with E-state index < -0.39 is 20.7 Å². The summed E-state index contributed by atoms with van der Waals surface area (Å²) in [5.41, 5.74) is 0.167. The highest BCUT2D eigenvalue weighted by molar-refractivity contribution is 7.92. The number of hydrogen-bond donors (Lipinski definition) is 1. The minimum atomic E-state index is -3.29. The first-order valence-corrected chi connectivity index (χ1v) is 9.33. The van der Waals surface area contributed by atoms with E-state index in [1.807, 2.05) is 6.92 Å². The summed E-state index contributed by atoms with van der Waals surface area (Å²) in [6.45, 7) is 5.83. The van der Waals surface area contributed by atoms with E-state index >= 15 is 0 Å². The number of amides is 1. The summed E-state index contributed by atoms with van der Waals surface area (Å²) >= 11 is 0. The molecule has 0 fully saturated rings. The van der Waals surface area contributed by atoms with Gasteiger partial charge in [0.1, 0.15) is 5.60 Å². The molecule has 1 amide bonds. The predicted molar refractivity (Wildman–Crippen MR) is 92.8 cm³/mol. The van der Waals surface area contributed by atoms with E-state index in [1.54, 1.807) is 52.3 Å². The van der Waals surface area contributed by atoms with Gasteiger partial charge in [-0.05, 0) is 38.5 Å². The molecule has 0 aliphatic heterocycles. The van der Waals surface area contributed by atoms with Crippen LogP contribution in [0.2, 0.25) is 0 Å². The van der Waals surface area contributed by atoms with Crippen molar-refractivity contribution in [3.8, 4) is 0 Å². The van der Waals surface area contributed by atoms with Gasteiger partial charge in [0, 0.05) is 20.8 Å². The highest BCUT2D eigenvalue weighted by Gasteiger charge is 2.24. The average Bonchev–Trinajstić information content (AvgIpc) is 2.53. The van der Waals surface area contributed by atoms with Crippen LogP contribution in [-0.2, 0) is 30.5 Å². The first kappa shape index (κ1) is 20.6. The zero-order chi connectivity index (χ0) is 18.4. The highest BCUT2D eigenvalue weighted by atomic mass is 32.2. The molecular weight excluding hydrogens is 330 g/mol. The van der Waals surface area contributed by atoms with Gasteiger partial charge in [0.2, 0.25) is 5.91 Å². The van der Waals surface area contributed by atoms with Crippen molar-refractivity contribution in [2.75, 3.05) is 27.4 Å². The summed E-state index contributed by atoms with van der Waals surface area (Å²) in [4.78, 5) is 12.3. The third kappa shape index (κ3) is 5.58. The Hall–Kier alpha value is -1.44. The van der Waals surface area contributed by atoms with Crippen LogP contribution in [0.15, 0.2) is 29.2 Å². The van der Waals surface area contributed by atoms with Crippen LogP contribution in [0.5, 0.6) is 0 Å². The molecule has 0 saturated carbocycles. The minimum absolute atomic E-state index is 0.158. The molecule has 1 N–H and O–H groups in total. The van der Waals surface area contributed by atoms with Crippen LogP contribution < -0.4 is 5.32 Å². The minimum Gasteiger partial charge on any atom is -0.382 e. The zero-order valence-electron chi connectivity index (χ0n) is 15.0. The van der Waals surface area contributed by atoms with Crippen molar-refractivity contribution in [2.45, 2.75) is 42.9 Å². The van der Waals surface area contributed by atoms with E-state index in [-0.39, 0.29) is 17.2 Å². The van der Waals surface area contributed by atoms with Crippen LogP contribution in [0.4, 0.5) is 0 Å². The van der Waals surface area contributed by atoms with E-state index in [4.69, 9.17) is 9.47 Å².